The van der Waals surface area contributed by atoms with Crippen molar-refractivity contribution in [3.63, 3.8) is 0 Å². The zero-order chi connectivity index (χ0) is 7.68. The van der Waals surface area contributed by atoms with Gasteiger partial charge in [-0.05, 0) is 19.9 Å². The second-order valence-corrected chi connectivity index (χ2v) is 2.87. The van der Waals surface area contributed by atoms with Gasteiger partial charge in [0.05, 0.1) is 5.92 Å². The summed E-state index contributed by atoms with van der Waals surface area (Å²) in [4.78, 5) is 4.17. The number of hydrogen-bond donors (Lipinski definition) is 1. The normalized spacial score (nSPS) is 22.2. The van der Waals surface area contributed by atoms with Gasteiger partial charge in [-0.1, -0.05) is 5.16 Å². The van der Waals surface area contributed by atoms with Crippen molar-refractivity contribution in [2.75, 3.05) is 13.1 Å². The van der Waals surface area contributed by atoms with Crippen LogP contribution in [0.25, 0.3) is 0 Å². The van der Waals surface area contributed by atoms with Gasteiger partial charge in [0.25, 0.3) is 0 Å². The highest BCUT2D eigenvalue weighted by Gasteiger charge is 2.21. The molecule has 1 aliphatic heterocycles. The quantitative estimate of drug-likeness (QED) is 0.713. The standard InChI is InChI=1S/C7H11N3O.ClH/c1-5-9-7(11-10-5)6-2-3-8-4-6;/h6,8H,2-4H2,1H3;1H/t6-;/m1./s1. The van der Waals surface area contributed by atoms with Crippen molar-refractivity contribution in [3.8, 4) is 0 Å². The van der Waals surface area contributed by atoms with E-state index < -0.39 is 0 Å². The van der Waals surface area contributed by atoms with E-state index in [1.54, 1.807) is 0 Å². The second-order valence-electron chi connectivity index (χ2n) is 2.87. The molecule has 68 valence electrons. The van der Waals surface area contributed by atoms with Crippen LogP contribution >= 0.6 is 12.4 Å². The molecule has 2 rings (SSSR count). The highest BCUT2D eigenvalue weighted by molar-refractivity contribution is 5.85. The summed E-state index contributed by atoms with van der Waals surface area (Å²) in [5.74, 6) is 1.95. The van der Waals surface area contributed by atoms with Crippen LogP contribution in [0.5, 0.6) is 0 Å². The predicted octanol–water partition coefficient (Wildman–Crippen LogP) is 0.877. The molecule has 2 heterocycles. The van der Waals surface area contributed by atoms with Crippen LogP contribution < -0.4 is 5.32 Å². The Labute approximate surface area is 77.1 Å². The highest BCUT2D eigenvalue weighted by atomic mass is 35.5. The van der Waals surface area contributed by atoms with Gasteiger partial charge in [0.2, 0.25) is 5.89 Å². The Morgan fingerprint density at radius 1 is 1.58 bits per heavy atom. The molecule has 0 radical (unpaired) electrons. The van der Waals surface area contributed by atoms with E-state index in [4.69, 9.17) is 4.52 Å². The van der Waals surface area contributed by atoms with Crippen LogP contribution in [-0.2, 0) is 0 Å². The first-order valence-electron chi connectivity index (χ1n) is 3.87. The molecule has 0 bridgehead atoms. The SMILES string of the molecule is Cc1noc([C@@H]2CCNC2)n1.Cl. The maximum atomic E-state index is 5.05. The van der Waals surface area contributed by atoms with E-state index in [0.717, 1.165) is 31.2 Å². The fraction of sp³-hybridized carbons (Fsp3) is 0.714. The molecule has 1 fully saturated rings. The number of nitrogens with one attached hydrogen (secondary N) is 1. The van der Waals surface area contributed by atoms with Crippen LogP contribution in [0.4, 0.5) is 0 Å². The van der Waals surface area contributed by atoms with Crippen molar-refractivity contribution in [2.24, 2.45) is 0 Å². The minimum atomic E-state index is 0. The van der Waals surface area contributed by atoms with E-state index in [9.17, 15) is 0 Å². The summed E-state index contributed by atoms with van der Waals surface area (Å²) in [5.41, 5.74) is 0. The van der Waals surface area contributed by atoms with E-state index in [-0.39, 0.29) is 12.4 Å². The second kappa shape index (κ2) is 3.87. The lowest BCUT2D eigenvalue weighted by Gasteiger charge is -1.97. The van der Waals surface area contributed by atoms with Crippen LogP contribution in [0.1, 0.15) is 24.1 Å². The third kappa shape index (κ3) is 1.76. The van der Waals surface area contributed by atoms with Crippen LogP contribution in [0.3, 0.4) is 0 Å². The maximum Gasteiger partial charge on any atom is 0.231 e. The molecule has 0 spiro atoms. The van der Waals surface area contributed by atoms with Gasteiger partial charge >= 0.3 is 0 Å². The van der Waals surface area contributed by atoms with Gasteiger partial charge in [0.15, 0.2) is 5.82 Å². The highest BCUT2D eigenvalue weighted by Crippen LogP contribution is 2.19. The van der Waals surface area contributed by atoms with Gasteiger partial charge in [-0.2, -0.15) is 4.98 Å². The predicted molar refractivity (Wildman–Crippen MR) is 46.5 cm³/mol. The minimum absolute atomic E-state index is 0. The number of aryl methyl sites for hydroxylation is 1. The van der Waals surface area contributed by atoms with E-state index in [0.29, 0.717) is 5.92 Å². The molecule has 5 heteroatoms. The van der Waals surface area contributed by atoms with Gasteiger partial charge in [-0.25, -0.2) is 0 Å². The average molecular weight is 190 g/mol. The average Bonchev–Trinajstić information content (AvgIpc) is 2.55. The zero-order valence-electron chi connectivity index (χ0n) is 6.91. The fourth-order valence-electron chi connectivity index (χ4n) is 1.34. The summed E-state index contributed by atoms with van der Waals surface area (Å²) in [7, 11) is 0. The Balaban J connectivity index is 0.000000720. The topological polar surface area (TPSA) is 51.0 Å². The Hall–Kier alpha value is -0.610. The number of hydrogen-bond acceptors (Lipinski definition) is 4. The lowest BCUT2D eigenvalue weighted by Crippen LogP contribution is -2.08. The maximum absolute atomic E-state index is 5.05. The number of halogens is 1. The van der Waals surface area contributed by atoms with Crippen molar-refractivity contribution in [2.45, 2.75) is 19.3 Å². The molecule has 0 amide bonds. The Morgan fingerprint density at radius 3 is 2.92 bits per heavy atom. The molecule has 12 heavy (non-hydrogen) atoms. The van der Waals surface area contributed by atoms with Crippen LogP contribution in [-0.4, -0.2) is 23.2 Å². The monoisotopic (exact) mass is 189 g/mol. The summed E-state index contributed by atoms with van der Waals surface area (Å²) in [6.45, 7) is 3.88. The van der Waals surface area contributed by atoms with Crippen LogP contribution in [0, 0.1) is 6.92 Å². The smallest absolute Gasteiger partial charge is 0.231 e. The van der Waals surface area contributed by atoms with Gasteiger partial charge in [-0.3, -0.25) is 0 Å². The lowest BCUT2D eigenvalue weighted by atomic mass is 10.1. The third-order valence-corrected chi connectivity index (χ3v) is 1.95. The summed E-state index contributed by atoms with van der Waals surface area (Å²) < 4.78 is 5.05. The van der Waals surface area contributed by atoms with Crippen LogP contribution in [0.2, 0.25) is 0 Å². The first kappa shape index (κ1) is 9.48. The Kier molecular flexibility index (Phi) is 3.05. The molecule has 1 aliphatic rings. The van der Waals surface area contributed by atoms with Crippen molar-refractivity contribution >= 4 is 12.4 Å². The third-order valence-electron chi connectivity index (χ3n) is 1.95. The molecule has 1 atom stereocenters. The van der Waals surface area contributed by atoms with Crippen molar-refractivity contribution in [1.82, 2.24) is 15.5 Å². The lowest BCUT2D eigenvalue weighted by molar-refractivity contribution is 0.356. The summed E-state index contributed by atoms with van der Waals surface area (Å²) in [6.07, 6.45) is 1.11. The van der Waals surface area contributed by atoms with Crippen LogP contribution in [0.15, 0.2) is 4.52 Å². The minimum Gasteiger partial charge on any atom is -0.339 e. The molecular formula is C7H12ClN3O. The van der Waals surface area contributed by atoms with E-state index in [1.165, 1.54) is 0 Å². The Morgan fingerprint density at radius 2 is 2.42 bits per heavy atom. The molecule has 4 nitrogen and oxygen atoms in total. The summed E-state index contributed by atoms with van der Waals surface area (Å²) >= 11 is 0. The molecule has 0 aliphatic carbocycles. The van der Waals surface area contributed by atoms with Crippen molar-refractivity contribution in [3.05, 3.63) is 11.7 Å². The molecular weight excluding hydrogens is 178 g/mol. The summed E-state index contributed by atoms with van der Waals surface area (Å²) in [5, 5.41) is 7.00. The van der Waals surface area contributed by atoms with Gasteiger partial charge in [-0.15, -0.1) is 12.4 Å². The van der Waals surface area contributed by atoms with Gasteiger partial charge in [0.1, 0.15) is 0 Å². The molecule has 1 aromatic rings. The molecule has 1 N–H and O–H groups in total. The largest absolute Gasteiger partial charge is 0.339 e. The van der Waals surface area contributed by atoms with E-state index >= 15 is 0 Å². The Bertz CT molecular complexity index is 245. The van der Waals surface area contributed by atoms with Crippen molar-refractivity contribution in [1.29, 1.82) is 0 Å². The molecule has 1 saturated heterocycles. The number of nitrogens with zero attached hydrogens (tertiary/aromatic N) is 2. The summed E-state index contributed by atoms with van der Waals surface area (Å²) in [6, 6.07) is 0. The zero-order valence-corrected chi connectivity index (χ0v) is 7.73. The van der Waals surface area contributed by atoms with E-state index in [2.05, 4.69) is 15.5 Å². The molecule has 1 aromatic heterocycles. The van der Waals surface area contributed by atoms with Gasteiger partial charge < -0.3 is 9.84 Å². The van der Waals surface area contributed by atoms with Crippen molar-refractivity contribution < 1.29 is 4.52 Å². The molecule has 0 unspecified atom stereocenters. The number of rotatable bonds is 1. The first-order valence-corrected chi connectivity index (χ1v) is 3.87. The molecule has 0 saturated carbocycles. The fourth-order valence-corrected chi connectivity index (χ4v) is 1.34. The number of aromatic nitrogens is 2. The molecule has 0 aromatic carbocycles. The van der Waals surface area contributed by atoms with Gasteiger partial charge in [0, 0.05) is 6.54 Å². The first-order chi connectivity index (χ1) is 5.36. The van der Waals surface area contributed by atoms with E-state index in [1.807, 2.05) is 6.92 Å².